The van der Waals surface area contributed by atoms with Gasteiger partial charge in [0.05, 0.1) is 6.54 Å². The van der Waals surface area contributed by atoms with Gasteiger partial charge in [-0.3, -0.25) is 14.6 Å². The molecule has 142 valence electrons. The van der Waals surface area contributed by atoms with E-state index in [0.717, 1.165) is 38.3 Å². The molecular weight excluding hydrogens is 391 g/mol. The summed E-state index contributed by atoms with van der Waals surface area (Å²) in [6, 6.07) is 18.1. The van der Waals surface area contributed by atoms with E-state index < -0.39 is 0 Å². The summed E-state index contributed by atoms with van der Waals surface area (Å²) in [4.78, 5) is 17.0. The molecule has 26 heavy (non-hydrogen) atoms. The van der Waals surface area contributed by atoms with Crippen molar-refractivity contribution >= 4 is 42.2 Å². The lowest BCUT2D eigenvalue weighted by Crippen LogP contribution is -2.47. The number of Topliss-reactive ketones (excluding diaryl/α,β-unsaturated/α-hetero) is 1. The zero-order chi connectivity index (χ0) is 16.8. The highest BCUT2D eigenvalue weighted by Crippen LogP contribution is 2.11. The maximum atomic E-state index is 12.2. The molecule has 0 bridgehead atoms. The van der Waals surface area contributed by atoms with Gasteiger partial charge in [-0.05, 0) is 23.3 Å². The maximum Gasteiger partial charge on any atom is 0.151 e. The van der Waals surface area contributed by atoms with Crippen LogP contribution in [-0.2, 0) is 17.8 Å². The van der Waals surface area contributed by atoms with Gasteiger partial charge in [0, 0.05) is 44.2 Å². The predicted octanol–water partition coefficient (Wildman–Crippen LogP) is 4.11. The van der Waals surface area contributed by atoms with Crippen molar-refractivity contribution in [2.75, 3.05) is 32.7 Å². The van der Waals surface area contributed by atoms with Crippen LogP contribution in [0.25, 0.3) is 0 Å². The molecule has 2 aromatic rings. The summed E-state index contributed by atoms with van der Waals surface area (Å²) in [5, 5.41) is 0.709. The molecule has 0 atom stereocenters. The fourth-order valence-corrected chi connectivity index (χ4v) is 3.21. The monoisotopic (exact) mass is 414 g/mol. The van der Waals surface area contributed by atoms with E-state index in [1.54, 1.807) is 0 Å². The molecule has 0 saturated carbocycles. The number of nitrogens with zero attached hydrogens (tertiary/aromatic N) is 2. The van der Waals surface area contributed by atoms with Crippen molar-refractivity contribution in [3.05, 3.63) is 70.7 Å². The van der Waals surface area contributed by atoms with Crippen LogP contribution in [0.5, 0.6) is 0 Å². The third-order valence-corrected chi connectivity index (χ3v) is 4.68. The molecule has 0 amide bonds. The number of ketones is 1. The molecule has 1 fully saturated rings. The largest absolute Gasteiger partial charge is 0.298 e. The number of rotatable bonds is 6. The van der Waals surface area contributed by atoms with Crippen molar-refractivity contribution in [3.63, 3.8) is 0 Å². The summed E-state index contributed by atoms with van der Waals surface area (Å²) >= 11 is 5.88. The second-order valence-corrected chi connectivity index (χ2v) is 6.82. The number of hydrogen-bond acceptors (Lipinski definition) is 3. The van der Waals surface area contributed by atoms with Crippen LogP contribution in [0.4, 0.5) is 0 Å². The van der Waals surface area contributed by atoms with Gasteiger partial charge in [-0.2, -0.15) is 0 Å². The molecule has 0 spiro atoms. The zero-order valence-corrected chi connectivity index (χ0v) is 17.0. The van der Waals surface area contributed by atoms with Gasteiger partial charge in [-0.15, -0.1) is 24.8 Å². The lowest BCUT2D eigenvalue weighted by Gasteiger charge is -2.34. The van der Waals surface area contributed by atoms with Gasteiger partial charge < -0.3 is 0 Å². The molecule has 1 heterocycles. The average molecular weight is 416 g/mol. The number of carbonyl (C=O) groups excluding carboxylic acids is 1. The lowest BCUT2D eigenvalue weighted by atomic mass is 10.1. The van der Waals surface area contributed by atoms with Crippen molar-refractivity contribution in [2.24, 2.45) is 0 Å². The van der Waals surface area contributed by atoms with E-state index in [0.29, 0.717) is 18.0 Å². The molecule has 0 N–H and O–H groups in total. The number of halogens is 3. The smallest absolute Gasteiger partial charge is 0.151 e. The minimum Gasteiger partial charge on any atom is -0.298 e. The van der Waals surface area contributed by atoms with Crippen LogP contribution in [-0.4, -0.2) is 48.3 Å². The first-order valence-corrected chi connectivity index (χ1v) is 8.81. The molecule has 0 unspecified atom stereocenters. The van der Waals surface area contributed by atoms with E-state index in [2.05, 4.69) is 34.1 Å². The Labute approximate surface area is 173 Å². The highest BCUT2D eigenvalue weighted by atomic mass is 35.5. The van der Waals surface area contributed by atoms with E-state index in [-0.39, 0.29) is 30.6 Å². The maximum absolute atomic E-state index is 12.2. The Morgan fingerprint density at radius 3 is 2.00 bits per heavy atom. The second-order valence-electron chi connectivity index (χ2n) is 6.38. The minimum absolute atomic E-state index is 0. The molecule has 3 nitrogen and oxygen atoms in total. The third-order valence-electron chi connectivity index (χ3n) is 4.43. The van der Waals surface area contributed by atoms with Gasteiger partial charge in [-0.1, -0.05) is 54.1 Å². The number of piperazine rings is 1. The second kappa shape index (κ2) is 11.6. The van der Waals surface area contributed by atoms with Gasteiger partial charge in [0.1, 0.15) is 0 Å². The molecule has 3 rings (SSSR count). The van der Waals surface area contributed by atoms with E-state index in [4.69, 9.17) is 11.6 Å². The average Bonchev–Trinajstić information content (AvgIpc) is 2.60. The van der Waals surface area contributed by atoms with Gasteiger partial charge >= 0.3 is 0 Å². The van der Waals surface area contributed by atoms with Crippen LogP contribution in [0, 0.1) is 0 Å². The van der Waals surface area contributed by atoms with Crippen LogP contribution in [0.2, 0.25) is 5.02 Å². The quantitative estimate of drug-likeness (QED) is 0.709. The molecule has 2 aromatic carbocycles. The predicted molar refractivity (Wildman–Crippen MR) is 113 cm³/mol. The van der Waals surface area contributed by atoms with E-state index >= 15 is 0 Å². The zero-order valence-electron chi connectivity index (χ0n) is 14.6. The third kappa shape index (κ3) is 7.26. The van der Waals surface area contributed by atoms with Crippen LogP contribution < -0.4 is 0 Å². The fraction of sp³-hybridized carbons (Fsp3) is 0.350. The van der Waals surface area contributed by atoms with Gasteiger partial charge in [0.15, 0.2) is 5.78 Å². The molecule has 1 saturated heterocycles. The number of benzene rings is 2. The molecule has 6 heteroatoms. The summed E-state index contributed by atoms with van der Waals surface area (Å²) in [6.45, 7) is 5.49. The summed E-state index contributed by atoms with van der Waals surface area (Å²) < 4.78 is 0. The van der Waals surface area contributed by atoms with E-state index in [1.807, 2.05) is 30.3 Å². The highest BCUT2D eigenvalue weighted by Gasteiger charge is 2.19. The summed E-state index contributed by atoms with van der Waals surface area (Å²) in [6.07, 6.45) is 0.487. The molecular formula is C20H25Cl3N2O. The molecule has 0 aliphatic carbocycles. The number of hydrogen-bond donors (Lipinski definition) is 0. The molecule has 0 aromatic heterocycles. The Bertz CT molecular complexity index is 657. The first kappa shape index (κ1) is 22.9. The Morgan fingerprint density at radius 2 is 1.38 bits per heavy atom. The molecule has 1 aliphatic heterocycles. The normalized spacial score (nSPS) is 15.0. The summed E-state index contributed by atoms with van der Waals surface area (Å²) in [7, 11) is 0. The fourth-order valence-electron chi connectivity index (χ4n) is 3.08. The standard InChI is InChI=1S/C20H23ClN2O.2ClH/c21-19-8-6-17(7-9-19)14-20(24)16-23-12-10-22(11-13-23)15-18-4-2-1-3-5-18;;/h1-9H,10-16H2;2*1H. The van der Waals surface area contributed by atoms with Crippen molar-refractivity contribution in [2.45, 2.75) is 13.0 Å². The Morgan fingerprint density at radius 1 is 0.808 bits per heavy atom. The molecule has 0 radical (unpaired) electrons. The first-order chi connectivity index (χ1) is 11.7. The van der Waals surface area contributed by atoms with Crippen LogP contribution >= 0.6 is 36.4 Å². The van der Waals surface area contributed by atoms with Crippen molar-refractivity contribution in [1.82, 2.24) is 9.80 Å². The van der Waals surface area contributed by atoms with Crippen LogP contribution in [0.1, 0.15) is 11.1 Å². The summed E-state index contributed by atoms with van der Waals surface area (Å²) in [5.74, 6) is 0.272. The first-order valence-electron chi connectivity index (χ1n) is 8.44. The number of carbonyl (C=O) groups is 1. The van der Waals surface area contributed by atoms with Crippen molar-refractivity contribution < 1.29 is 4.79 Å². The van der Waals surface area contributed by atoms with Gasteiger partial charge in [-0.25, -0.2) is 0 Å². The highest BCUT2D eigenvalue weighted by molar-refractivity contribution is 6.30. The Balaban J connectivity index is 0.00000169. The Kier molecular flexibility index (Phi) is 10.2. The van der Waals surface area contributed by atoms with Crippen molar-refractivity contribution in [1.29, 1.82) is 0 Å². The molecule has 1 aliphatic rings. The van der Waals surface area contributed by atoms with Gasteiger partial charge in [0.2, 0.25) is 0 Å². The minimum atomic E-state index is 0. The topological polar surface area (TPSA) is 23.6 Å². The van der Waals surface area contributed by atoms with Crippen LogP contribution in [0.3, 0.4) is 0 Å². The van der Waals surface area contributed by atoms with Crippen molar-refractivity contribution in [3.8, 4) is 0 Å². The van der Waals surface area contributed by atoms with Gasteiger partial charge in [0.25, 0.3) is 0 Å². The van der Waals surface area contributed by atoms with Crippen LogP contribution in [0.15, 0.2) is 54.6 Å². The Hall–Kier alpha value is -1.10. The van der Waals surface area contributed by atoms with E-state index in [1.165, 1.54) is 5.56 Å². The lowest BCUT2D eigenvalue weighted by molar-refractivity contribution is -0.120. The SMILES string of the molecule is Cl.Cl.O=C(Cc1ccc(Cl)cc1)CN1CCN(Cc2ccccc2)CC1. The van der Waals surface area contributed by atoms with E-state index in [9.17, 15) is 4.79 Å². The summed E-state index contributed by atoms with van der Waals surface area (Å²) in [5.41, 5.74) is 2.39.